The minimum absolute atomic E-state index is 0.0596. The van der Waals surface area contributed by atoms with Gasteiger partial charge in [-0.1, -0.05) is 18.6 Å². The molecule has 0 aliphatic carbocycles. The molecule has 3 nitrogen and oxygen atoms in total. The first kappa shape index (κ1) is 12.7. The van der Waals surface area contributed by atoms with E-state index < -0.39 is 0 Å². The normalized spacial score (nSPS) is 23.8. The number of hydrogen-bond donors (Lipinski definition) is 0. The summed E-state index contributed by atoms with van der Waals surface area (Å²) in [6.45, 7) is 3.47. The van der Waals surface area contributed by atoms with Crippen LogP contribution < -0.4 is 4.74 Å². The maximum absolute atomic E-state index is 12.1. The lowest BCUT2D eigenvalue weighted by atomic mass is 9.99. The van der Waals surface area contributed by atoms with Gasteiger partial charge in [-0.05, 0) is 44.5 Å². The van der Waals surface area contributed by atoms with E-state index in [9.17, 15) is 4.79 Å². The summed E-state index contributed by atoms with van der Waals surface area (Å²) in [5.74, 6) is 0.993. The van der Waals surface area contributed by atoms with Crippen molar-refractivity contribution in [2.75, 3.05) is 19.6 Å². The van der Waals surface area contributed by atoms with E-state index in [2.05, 4.69) is 4.90 Å². The van der Waals surface area contributed by atoms with Crippen LogP contribution in [0.2, 0.25) is 0 Å². The van der Waals surface area contributed by atoms with E-state index in [1.807, 2.05) is 24.3 Å². The molecular formula is C16H21NO2. The van der Waals surface area contributed by atoms with Crippen LogP contribution in [0.3, 0.4) is 0 Å². The Kier molecular flexibility index (Phi) is 3.83. The number of para-hydroxylation sites is 1. The highest BCUT2D eigenvalue weighted by Gasteiger charge is 2.26. The molecule has 1 unspecified atom stereocenters. The summed E-state index contributed by atoms with van der Waals surface area (Å²) in [5, 5.41) is 0. The lowest BCUT2D eigenvalue weighted by Gasteiger charge is -2.30. The number of rotatable bonds is 3. The van der Waals surface area contributed by atoms with Gasteiger partial charge in [-0.25, -0.2) is 0 Å². The summed E-state index contributed by atoms with van der Waals surface area (Å²) < 4.78 is 5.95. The first-order valence-corrected chi connectivity index (χ1v) is 7.34. The summed E-state index contributed by atoms with van der Waals surface area (Å²) in [4.78, 5) is 14.6. The molecule has 3 rings (SSSR count). The fourth-order valence-corrected chi connectivity index (χ4v) is 3.01. The lowest BCUT2D eigenvalue weighted by molar-refractivity contribution is 0.0810. The Morgan fingerprint density at radius 2 is 1.95 bits per heavy atom. The Morgan fingerprint density at radius 1 is 1.16 bits per heavy atom. The second-order valence-corrected chi connectivity index (χ2v) is 5.55. The number of likely N-dealkylation sites (tertiary alicyclic amines) is 1. The van der Waals surface area contributed by atoms with Crippen molar-refractivity contribution < 1.29 is 9.53 Å². The zero-order chi connectivity index (χ0) is 13.1. The maximum Gasteiger partial charge on any atom is 0.170 e. The van der Waals surface area contributed by atoms with Crippen LogP contribution in [0.1, 0.15) is 42.5 Å². The van der Waals surface area contributed by atoms with Gasteiger partial charge >= 0.3 is 0 Å². The molecule has 2 heterocycles. The number of Topliss-reactive ketones (excluding diaryl/α,β-unsaturated/α-hetero) is 1. The molecule has 2 aliphatic heterocycles. The van der Waals surface area contributed by atoms with Crippen molar-refractivity contribution in [2.45, 2.75) is 38.2 Å². The SMILES string of the molecule is O=C1CC(CCN2CCCCC2)Oc2ccccc21. The molecule has 0 amide bonds. The molecule has 0 spiro atoms. The molecule has 1 atom stereocenters. The Morgan fingerprint density at radius 3 is 2.79 bits per heavy atom. The van der Waals surface area contributed by atoms with E-state index in [1.165, 1.54) is 32.4 Å². The van der Waals surface area contributed by atoms with Gasteiger partial charge in [0.1, 0.15) is 11.9 Å². The van der Waals surface area contributed by atoms with Gasteiger partial charge < -0.3 is 9.64 Å². The van der Waals surface area contributed by atoms with Gasteiger partial charge in [0.2, 0.25) is 0 Å². The third kappa shape index (κ3) is 2.98. The van der Waals surface area contributed by atoms with Crippen molar-refractivity contribution in [1.82, 2.24) is 4.90 Å². The second-order valence-electron chi connectivity index (χ2n) is 5.55. The summed E-state index contributed by atoms with van der Waals surface area (Å²) >= 11 is 0. The zero-order valence-corrected chi connectivity index (χ0v) is 11.3. The topological polar surface area (TPSA) is 29.5 Å². The van der Waals surface area contributed by atoms with Crippen LogP contribution in [-0.4, -0.2) is 36.4 Å². The monoisotopic (exact) mass is 259 g/mol. The molecule has 1 fully saturated rings. The van der Waals surface area contributed by atoms with E-state index in [0.29, 0.717) is 6.42 Å². The fourth-order valence-electron chi connectivity index (χ4n) is 3.01. The largest absolute Gasteiger partial charge is 0.489 e. The van der Waals surface area contributed by atoms with Gasteiger partial charge in [0.15, 0.2) is 5.78 Å². The molecule has 0 N–H and O–H groups in total. The van der Waals surface area contributed by atoms with Gasteiger partial charge in [0.25, 0.3) is 0 Å². The van der Waals surface area contributed by atoms with E-state index in [4.69, 9.17) is 4.74 Å². The molecule has 1 saturated heterocycles. The quantitative estimate of drug-likeness (QED) is 0.836. The number of hydrogen-bond acceptors (Lipinski definition) is 3. The average molecular weight is 259 g/mol. The average Bonchev–Trinajstić information content (AvgIpc) is 2.46. The molecule has 0 saturated carbocycles. The van der Waals surface area contributed by atoms with Crippen molar-refractivity contribution in [1.29, 1.82) is 0 Å². The van der Waals surface area contributed by atoms with E-state index in [0.717, 1.165) is 24.3 Å². The van der Waals surface area contributed by atoms with Crippen LogP contribution in [0.25, 0.3) is 0 Å². The minimum atomic E-state index is 0.0596. The number of ketones is 1. The molecule has 102 valence electrons. The number of carbonyl (C=O) groups is 1. The maximum atomic E-state index is 12.1. The number of fused-ring (bicyclic) bond motifs is 1. The number of nitrogens with zero attached hydrogens (tertiary/aromatic N) is 1. The molecule has 1 aromatic rings. The molecule has 0 bridgehead atoms. The predicted octanol–water partition coefficient (Wildman–Crippen LogP) is 2.90. The highest BCUT2D eigenvalue weighted by Crippen LogP contribution is 2.28. The van der Waals surface area contributed by atoms with Gasteiger partial charge in [-0.2, -0.15) is 0 Å². The highest BCUT2D eigenvalue weighted by molar-refractivity contribution is 5.99. The van der Waals surface area contributed by atoms with Crippen molar-refractivity contribution >= 4 is 5.78 Å². The van der Waals surface area contributed by atoms with Gasteiger partial charge in [-0.3, -0.25) is 4.79 Å². The Balaban J connectivity index is 1.57. The lowest BCUT2D eigenvalue weighted by Crippen LogP contribution is -2.35. The van der Waals surface area contributed by atoms with E-state index >= 15 is 0 Å². The Hall–Kier alpha value is -1.35. The summed E-state index contributed by atoms with van der Waals surface area (Å²) in [7, 11) is 0. The fraction of sp³-hybridized carbons (Fsp3) is 0.562. The van der Waals surface area contributed by atoms with Crippen LogP contribution in [0.5, 0.6) is 5.75 Å². The molecular weight excluding hydrogens is 238 g/mol. The Labute approximate surface area is 114 Å². The molecule has 0 aromatic heterocycles. The van der Waals surface area contributed by atoms with E-state index in [1.54, 1.807) is 0 Å². The van der Waals surface area contributed by atoms with E-state index in [-0.39, 0.29) is 11.9 Å². The van der Waals surface area contributed by atoms with Crippen LogP contribution in [0.15, 0.2) is 24.3 Å². The van der Waals surface area contributed by atoms with Crippen LogP contribution >= 0.6 is 0 Å². The molecule has 19 heavy (non-hydrogen) atoms. The van der Waals surface area contributed by atoms with Gasteiger partial charge in [0, 0.05) is 13.0 Å². The summed E-state index contributed by atoms with van der Waals surface area (Å²) in [5.41, 5.74) is 0.747. The standard InChI is InChI=1S/C16H21NO2/c18-15-12-13(8-11-17-9-4-1-5-10-17)19-16-7-3-2-6-14(15)16/h2-3,6-7,13H,1,4-5,8-12H2. The first-order chi connectivity index (χ1) is 9.33. The van der Waals surface area contributed by atoms with Crippen molar-refractivity contribution in [2.24, 2.45) is 0 Å². The zero-order valence-electron chi connectivity index (χ0n) is 11.3. The summed E-state index contributed by atoms with van der Waals surface area (Å²) in [6, 6.07) is 7.59. The first-order valence-electron chi connectivity index (χ1n) is 7.34. The predicted molar refractivity (Wildman–Crippen MR) is 74.7 cm³/mol. The van der Waals surface area contributed by atoms with Gasteiger partial charge in [-0.15, -0.1) is 0 Å². The van der Waals surface area contributed by atoms with Crippen molar-refractivity contribution in [3.63, 3.8) is 0 Å². The minimum Gasteiger partial charge on any atom is -0.489 e. The van der Waals surface area contributed by atoms with Crippen molar-refractivity contribution in [3.8, 4) is 5.75 Å². The van der Waals surface area contributed by atoms with Crippen LogP contribution in [0, 0.1) is 0 Å². The molecule has 1 aromatic carbocycles. The molecule has 2 aliphatic rings. The number of piperidine rings is 1. The Bertz CT molecular complexity index is 452. The molecule has 3 heteroatoms. The highest BCUT2D eigenvalue weighted by atomic mass is 16.5. The number of ether oxygens (including phenoxy) is 1. The van der Waals surface area contributed by atoms with Crippen molar-refractivity contribution in [3.05, 3.63) is 29.8 Å². The third-order valence-corrected chi connectivity index (χ3v) is 4.11. The van der Waals surface area contributed by atoms with Crippen LogP contribution in [0.4, 0.5) is 0 Å². The second kappa shape index (κ2) is 5.74. The number of carbonyl (C=O) groups excluding carboxylic acids is 1. The van der Waals surface area contributed by atoms with Crippen LogP contribution in [-0.2, 0) is 0 Å². The summed E-state index contributed by atoms with van der Waals surface area (Å²) in [6.07, 6.45) is 5.54. The molecule has 0 radical (unpaired) electrons. The third-order valence-electron chi connectivity index (χ3n) is 4.11. The number of benzene rings is 1. The van der Waals surface area contributed by atoms with Gasteiger partial charge in [0.05, 0.1) is 5.56 Å². The smallest absolute Gasteiger partial charge is 0.170 e.